The Balaban J connectivity index is 2.94. The van der Waals surface area contributed by atoms with E-state index in [9.17, 15) is 4.79 Å². The number of hydrogen-bond donors (Lipinski definition) is 1. The Morgan fingerprint density at radius 1 is 1.25 bits per heavy atom. The fourth-order valence-corrected chi connectivity index (χ4v) is 1.50. The molecule has 84 valence electrons. The molecule has 0 aliphatic heterocycles. The highest BCUT2D eigenvalue weighted by Crippen LogP contribution is 2.10. The van der Waals surface area contributed by atoms with E-state index in [-0.39, 0.29) is 5.91 Å². The number of nitrogens with one attached hydrogen (secondary N) is 1. The number of hydrogen-bond acceptors (Lipinski definition) is 1. The van der Waals surface area contributed by atoms with Gasteiger partial charge in [0.15, 0.2) is 0 Å². The van der Waals surface area contributed by atoms with Crippen LogP contribution in [0.5, 0.6) is 0 Å². The van der Waals surface area contributed by atoms with Gasteiger partial charge in [-0.2, -0.15) is 0 Å². The van der Waals surface area contributed by atoms with Gasteiger partial charge in [-0.15, -0.1) is 6.42 Å². The topological polar surface area (TPSA) is 29.1 Å². The molecule has 0 atom stereocenters. The van der Waals surface area contributed by atoms with Crippen LogP contribution in [-0.4, -0.2) is 11.4 Å². The van der Waals surface area contributed by atoms with Crippen molar-refractivity contribution in [2.75, 3.05) is 0 Å². The Bertz CT molecular complexity index is 432. The summed E-state index contributed by atoms with van der Waals surface area (Å²) in [4.78, 5) is 11.9. The van der Waals surface area contributed by atoms with Crippen molar-refractivity contribution in [2.45, 2.75) is 33.2 Å². The van der Waals surface area contributed by atoms with E-state index in [2.05, 4.69) is 11.2 Å². The Labute approximate surface area is 97.1 Å². The minimum absolute atomic E-state index is 0.130. The van der Waals surface area contributed by atoms with Crippen LogP contribution in [0.15, 0.2) is 18.2 Å². The number of terminal acetylenes is 1. The Morgan fingerprint density at radius 3 is 2.19 bits per heavy atom. The van der Waals surface area contributed by atoms with Crippen molar-refractivity contribution in [3.05, 3.63) is 34.9 Å². The third-order valence-corrected chi connectivity index (χ3v) is 2.27. The molecule has 0 aromatic heterocycles. The van der Waals surface area contributed by atoms with E-state index in [0.29, 0.717) is 5.56 Å². The highest BCUT2D eigenvalue weighted by atomic mass is 16.1. The number of rotatable bonds is 2. The molecule has 0 aliphatic carbocycles. The summed E-state index contributed by atoms with van der Waals surface area (Å²) in [5, 5.41) is 2.80. The van der Waals surface area contributed by atoms with Gasteiger partial charge in [0.2, 0.25) is 0 Å². The minimum atomic E-state index is -0.616. The standard InChI is InChI=1S/C14H17NO/c1-6-14(4,5)15-13(16)12-8-10(2)7-11(3)9-12/h1,7-9H,2-5H3,(H,15,16). The number of amides is 1. The predicted octanol–water partition coefficient (Wildman–Crippen LogP) is 2.45. The van der Waals surface area contributed by atoms with E-state index in [4.69, 9.17) is 6.42 Å². The molecule has 0 fully saturated rings. The average Bonchev–Trinajstić information content (AvgIpc) is 2.15. The predicted molar refractivity (Wildman–Crippen MR) is 66.3 cm³/mol. The number of carbonyl (C=O) groups excluding carboxylic acids is 1. The maximum atomic E-state index is 11.9. The summed E-state index contributed by atoms with van der Waals surface area (Å²) in [7, 11) is 0. The second kappa shape index (κ2) is 4.40. The third-order valence-electron chi connectivity index (χ3n) is 2.27. The van der Waals surface area contributed by atoms with Gasteiger partial charge < -0.3 is 5.32 Å². The second-order valence-corrected chi connectivity index (χ2v) is 4.60. The molecule has 0 bridgehead atoms. The first kappa shape index (κ1) is 12.3. The molecule has 2 heteroatoms. The Kier molecular flexibility index (Phi) is 3.39. The average molecular weight is 215 g/mol. The number of benzene rings is 1. The minimum Gasteiger partial charge on any atom is -0.336 e. The Morgan fingerprint density at radius 2 is 1.75 bits per heavy atom. The van der Waals surface area contributed by atoms with Crippen LogP contribution in [0.25, 0.3) is 0 Å². The van der Waals surface area contributed by atoms with Gasteiger partial charge in [-0.05, 0) is 39.8 Å². The normalized spacial score (nSPS) is 10.7. The summed E-state index contributed by atoms with van der Waals surface area (Å²) in [5.41, 5.74) is 2.18. The van der Waals surface area contributed by atoms with Crippen molar-refractivity contribution < 1.29 is 4.79 Å². The summed E-state index contributed by atoms with van der Waals surface area (Å²) in [6, 6.07) is 5.74. The molecule has 0 heterocycles. The first-order valence-corrected chi connectivity index (χ1v) is 5.22. The van der Waals surface area contributed by atoms with Gasteiger partial charge in [-0.25, -0.2) is 0 Å². The van der Waals surface area contributed by atoms with Crippen LogP contribution in [0.3, 0.4) is 0 Å². The number of carbonyl (C=O) groups is 1. The summed E-state index contributed by atoms with van der Waals surface area (Å²) in [5.74, 6) is 2.41. The van der Waals surface area contributed by atoms with Gasteiger partial charge in [-0.1, -0.05) is 23.1 Å². The SMILES string of the molecule is C#CC(C)(C)NC(=O)c1cc(C)cc(C)c1. The molecule has 0 aliphatic rings. The zero-order chi connectivity index (χ0) is 12.3. The molecular formula is C14H17NO. The van der Waals surface area contributed by atoms with Crippen LogP contribution >= 0.6 is 0 Å². The van der Waals surface area contributed by atoms with Gasteiger partial charge in [0.1, 0.15) is 0 Å². The van der Waals surface area contributed by atoms with Gasteiger partial charge in [0, 0.05) is 5.56 Å². The molecule has 1 N–H and O–H groups in total. The smallest absolute Gasteiger partial charge is 0.252 e. The maximum absolute atomic E-state index is 11.9. The maximum Gasteiger partial charge on any atom is 0.252 e. The van der Waals surface area contributed by atoms with Crippen LogP contribution in [0.1, 0.15) is 35.3 Å². The molecule has 2 nitrogen and oxygen atoms in total. The van der Waals surface area contributed by atoms with Crippen LogP contribution in [0.2, 0.25) is 0 Å². The largest absolute Gasteiger partial charge is 0.336 e. The molecule has 0 unspecified atom stereocenters. The molecule has 0 saturated heterocycles. The fourth-order valence-electron chi connectivity index (χ4n) is 1.50. The summed E-state index contributed by atoms with van der Waals surface area (Å²) in [6.07, 6.45) is 5.33. The van der Waals surface area contributed by atoms with Crippen molar-refractivity contribution in [3.8, 4) is 12.3 Å². The van der Waals surface area contributed by atoms with Gasteiger partial charge >= 0.3 is 0 Å². The molecule has 1 rings (SSSR count). The van der Waals surface area contributed by atoms with E-state index >= 15 is 0 Å². The van der Waals surface area contributed by atoms with E-state index in [1.165, 1.54) is 0 Å². The van der Waals surface area contributed by atoms with E-state index in [0.717, 1.165) is 11.1 Å². The fraction of sp³-hybridized carbons (Fsp3) is 0.357. The van der Waals surface area contributed by atoms with Crippen LogP contribution < -0.4 is 5.32 Å². The highest BCUT2D eigenvalue weighted by molar-refractivity contribution is 5.95. The molecule has 16 heavy (non-hydrogen) atoms. The van der Waals surface area contributed by atoms with Crippen molar-refractivity contribution in [1.82, 2.24) is 5.32 Å². The number of aryl methyl sites for hydroxylation is 2. The molecule has 0 saturated carbocycles. The molecule has 0 spiro atoms. The zero-order valence-electron chi connectivity index (χ0n) is 10.2. The summed E-state index contributed by atoms with van der Waals surface area (Å²) < 4.78 is 0. The molecular weight excluding hydrogens is 198 g/mol. The third kappa shape index (κ3) is 3.13. The van der Waals surface area contributed by atoms with Crippen molar-refractivity contribution in [1.29, 1.82) is 0 Å². The lowest BCUT2D eigenvalue weighted by atomic mass is 10.0. The quantitative estimate of drug-likeness (QED) is 0.754. The lowest BCUT2D eigenvalue weighted by Gasteiger charge is -2.19. The van der Waals surface area contributed by atoms with E-state index in [1.54, 1.807) is 13.8 Å². The van der Waals surface area contributed by atoms with Crippen molar-refractivity contribution in [3.63, 3.8) is 0 Å². The van der Waals surface area contributed by atoms with E-state index < -0.39 is 5.54 Å². The zero-order valence-corrected chi connectivity index (χ0v) is 10.2. The van der Waals surface area contributed by atoms with Crippen LogP contribution in [-0.2, 0) is 0 Å². The van der Waals surface area contributed by atoms with E-state index in [1.807, 2.05) is 32.0 Å². The lowest BCUT2D eigenvalue weighted by Crippen LogP contribution is -2.42. The first-order valence-electron chi connectivity index (χ1n) is 5.22. The Hall–Kier alpha value is -1.75. The van der Waals surface area contributed by atoms with Crippen molar-refractivity contribution >= 4 is 5.91 Å². The van der Waals surface area contributed by atoms with Gasteiger partial charge in [0.05, 0.1) is 5.54 Å². The molecule has 0 radical (unpaired) electrons. The lowest BCUT2D eigenvalue weighted by molar-refractivity contribution is 0.0929. The van der Waals surface area contributed by atoms with Crippen LogP contribution in [0.4, 0.5) is 0 Å². The summed E-state index contributed by atoms with van der Waals surface area (Å²) >= 11 is 0. The molecule has 1 aromatic rings. The van der Waals surface area contributed by atoms with Crippen LogP contribution in [0, 0.1) is 26.2 Å². The van der Waals surface area contributed by atoms with Gasteiger partial charge in [-0.3, -0.25) is 4.79 Å². The monoisotopic (exact) mass is 215 g/mol. The van der Waals surface area contributed by atoms with Crippen molar-refractivity contribution in [2.24, 2.45) is 0 Å². The highest BCUT2D eigenvalue weighted by Gasteiger charge is 2.18. The summed E-state index contributed by atoms with van der Waals surface area (Å²) in [6.45, 7) is 7.54. The molecule has 1 aromatic carbocycles. The first-order chi connectivity index (χ1) is 7.34. The second-order valence-electron chi connectivity index (χ2n) is 4.60. The van der Waals surface area contributed by atoms with Gasteiger partial charge in [0.25, 0.3) is 5.91 Å². The molecule has 1 amide bonds.